The van der Waals surface area contributed by atoms with Crippen LogP contribution < -0.4 is 0 Å². The number of hydrogen-bond donors (Lipinski definition) is 0. The fourth-order valence-corrected chi connectivity index (χ4v) is 9.48. The van der Waals surface area contributed by atoms with E-state index >= 15 is 0 Å². The number of thioether (sulfide) groups is 1. The first-order valence-corrected chi connectivity index (χ1v) is 15.6. The molecule has 5 heteroatoms. The van der Waals surface area contributed by atoms with E-state index in [1.165, 1.54) is 0 Å². The van der Waals surface area contributed by atoms with Gasteiger partial charge in [0.1, 0.15) is 12.2 Å². The van der Waals surface area contributed by atoms with E-state index in [-0.39, 0.29) is 16.3 Å². The highest BCUT2D eigenvalue weighted by Crippen LogP contribution is 2.56. The minimum Gasteiger partial charge on any atom is -0.356 e. The molecule has 0 N–H and O–H groups in total. The lowest BCUT2D eigenvalue weighted by Gasteiger charge is -2.58. The summed E-state index contributed by atoms with van der Waals surface area (Å²) in [6.07, 6.45) is 0.857. The lowest BCUT2D eigenvalue weighted by atomic mass is 9.84. The molecule has 3 aromatic carbocycles. The zero-order chi connectivity index (χ0) is 24.6. The Bertz CT molecular complexity index is 1050. The molecule has 0 aliphatic carbocycles. The Balaban J connectivity index is 1.94. The number of benzene rings is 3. The summed E-state index contributed by atoms with van der Waals surface area (Å²) in [7, 11) is -2.20. The number of aldehydes is 1. The van der Waals surface area contributed by atoms with Crippen LogP contribution in [0.1, 0.15) is 37.5 Å². The maximum Gasteiger partial charge on any atom is 0.228 e. The van der Waals surface area contributed by atoms with Crippen LogP contribution in [-0.4, -0.2) is 30.4 Å². The largest absolute Gasteiger partial charge is 0.356 e. The molecule has 1 amide bonds. The summed E-state index contributed by atoms with van der Waals surface area (Å²) in [4.78, 5) is 25.5. The normalized spacial score (nSPS) is 19.0. The van der Waals surface area contributed by atoms with Crippen molar-refractivity contribution in [3.8, 4) is 0 Å². The molecule has 0 spiro atoms. The van der Waals surface area contributed by atoms with Crippen molar-refractivity contribution in [2.45, 2.75) is 49.0 Å². The number of amides is 1. The average molecular weight is 488 g/mol. The fourth-order valence-electron chi connectivity index (χ4n) is 4.60. The van der Waals surface area contributed by atoms with Gasteiger partial charge in [0.25, 0.3) is 0 Å². The van der Waals surface area contributed by atoms with Gasteiger partial charge in [-0.2, -0.15) is 0 Å². The number of nitrogens with zero attached hydrogens (tertiary/aromatic N) is 1. The van der Waals surface area contributed by atoms with Gasteiger partial charge in [0, 0.05) is 0 Å². The van der Waals surface area contributed by atoms with Crippen molar-refractivity contribution in [3.05, 3.63) is 108 Å². The van der Waals surface area contributed by atoms with Gasteiger partial charge >= 0.3 is 0 Å². The SMILES string of the molecule is CC(C)(C)[Si](C)(C)N1C(=O)[C@H](C=O)[C@H]1SC(c1ccccc1)(c1ccccc1)c1ccccc1. The highest BCUT2D eigenvalue weighted by Gasteiger charge is 2.59. The molecule has 0 saturated carbocycles. The molecule has 2 atom stereocenters. The summed E-state index contributed by atoms with van der Waals surface area (Å²) in [6.45, 7) is 11.1. The maximum absolute atomic E-state index is 13.3. The number of β-lactam (4-membered cyclic amide) rings is 1. The summed E-state index contributed by atoms with van der Waals surface area (Å²) >= 11 is 1.73. The van der Waals surface area contributed by atoms with Crippen LogP contribution in [-0.2, 0) is 14.3 Å². The molecule has 1 aliphatic rings. The highest BCUT2D eigenvalue weighted by molar-refractivity contribution is 8.01. The van der Waals surface area contributed by atoms with Gasteiger partial charge in [0.2, 0.25) is 5.91 Å². The van der Waals surface area contributed by atoms with Crippen LogP contribution in [0, 0.1) is 5.92 Å². The van der Waals surface area contributed by atoms with Crippen molar-refractivity contribution in [2.75, 3.05) is 0 Å². The zero-order valence-corrected chi connectivity index (χ0v) is 22.4. The van der Waals surface area contributed by atoms with Crippen molar-refractivity contribution < 1.29 is 9.59 Å². The minimum absolute atomic E-state index is 0.0236. The lowest BCUT2D eigenvalue weighted by Crippen LogP contribution is -2.72. The summed E-state index contributed by atoms with van der Waals surface area (Å²) in [5.41, 5.74) is 3.41. The van der Waals surface area contributed by atoms with Crippen LogP contribution in [0.5, 0.6) is 0 Å². The molecule has 1 fully saturated rings. The number of rotatable bonds is 7. The van der Waals surface area contributed by atoms with Crippen LogP contribution in [0.2, 0.25) is 18.1 Å². The Hall–Kier alpha value is -2.63. The molecular formula is C29H33NO2SSi. The van der Waals surface area contributed by atoms with E-state index in [4.69, 9.17) is 0 Å². The van der Waals surface area contributed by atoms with Gasteiger partial charge in [-0.05, 0) is 21.7 Å². The molecule has 0 bridgehead atoms. The Labute approximate surface area is 208 Å². The first kappa shape index (κ1) is 24.5. The van der Waals surface area contributed by atoms with E-state index in [0.717, 1.165) is 23.0 Å². The van der Waals surface area contributed by atoms with Crippen LogP contribution >= 0.6 is 11.8 Å². The van der Waals surface area contributed by atoms with E-state index < -0.39 is 18.9 Å². The smallest absolute Gasteiger partial charge is 0.228 e. The van der Waals surface area contributed by atoms with Gasteiger partial charge in [-0.15, -0.1) is 11.8 Å². The first-order valence-electron chi connectivity index (χ1n) is 11.8. The Morgan fingerprint density at radius 2 is 1.15 bits per heavy atom. The molecule has 0 aromatic heterocycles. The van der Waals surface area contributed by atoms with Gasteiger partial charge in [-0.25, -0.2) is 0 Å². The van der Waals surface area contributed by atoms with Gasteiger partial charge in [0.05, 0.1) is 10.1 Å². The van der Waals surface area contributed by atoms with Crippen molar-refractivity contribution in [2.24, 2.45) is 5.92 Å². The number of hydrogen-bond acceptors (Lipinski definition) is 3. The fraction of sp³-hybridized carbons (Fsp3) is 0.310. The van der Waals surface area contributed by atoms with Crippen molar-refractivity contribution in [3.63, 3.8) is 0 Å². The quantitative estimate of drug-likeness (QED) is 0.122. The molecule has 0 radical (unpaired) electrons. The van der Waals surface area contributed by atoms with E-state index in [9.17, 15) is 9.59 Å². The van der Waals surface area contributed by atoms with Gasteiger partial charge in [-0.1, -0.05) is 125 Å². The second kappa shape index (κ2) is 9.20. The molecule has 1 saturated heterocycles. The Morgan fingerprint density at radius 1 is 0.765 bits per heavy atom. The standard InChI is InChI=1S/C29H33NO2SSi/c1-28(2,3)34(4,5)30-26(32)25(21-31)27(30)33-29(22-15-9-6-10-16-22,23-17-11-7-12-18-23)24-19-13-8-14-20-24/h6-21,25,27H,1-5H3/t25-,27+/m0/s1. The van der Waals surface area contributed by atoms with E-state index in [1.54, 1.807) is 11.8 Å². The highest BCUT2D eigenvalue weighted by atomic mass is 32.2. The molecule has 1 heterocycles. The monoisotopic (exact) mass is 487 g/mol. The Morgan fingerprint density at radius 3 is 1.47 bits per heavy atom. The predicted molar refractivity (Wildman–Crippen MR) is 144 cm³/mol. The number of carbonyl (C=O) groups is 2. The second-order valence-electron chi connectivity index (χ2n) is 10.5. The molecular weight excluding hydrogens is 454 g/mol. The van der Waals surface area contributed by atoms with Crippen LogP contribution in [0.3, 0.4) is 0 Å². The van der Waals surface area contributed by atoms with Crippen molar-refractivity contribution in [1.82, 2.24) is 4.57 Å². The van der Waals surface area contributed by atoms with Crippen LogP contribution in [0.25, 0.3) is 0 Å². The topological polar surface area (TPSA) is 37.4 Å². The third kappa shape index (κ3) is 3.95. The third-order valence-electron chi connectivity index (χ3n) is 7.51. The van der Waals surface area contributed by atoms with Gasteiger partial charge < -0.3 is 9.36 Å². The summed E-state index contributed by atoms with van der Waals surface area (Å²) in [5.74, 6) is -0.656. The molecule has 4 rings (SSSR count). The van der Waals surface area contributed by atoms with E-state index in [0.29, 0.717) is 0 Å². The molecule has 0 unspecified atom stereocenters. The third-order valence-corrected chi connectivity index (χ3v) is 14.9. The van der Waals surface area contributed by atoms with E-state index in [2.05, 4.69) is 111 Å². The second-order valence-corrected chi connectivity index (χ2v) is 16.9. The van der Waals surface area contributed by atoms with Gasteiger partial charge in [-0.3, -0.25) is 4.79 Å². The zero-order valence-electron chi connectivity index (χ0n) is 20.6. The molecule has 176 valence electrons. The predicted octanol–water partition coefficient (Wildman–Crippen LogP) is 6.70. The van der Waals surface area contributed by atoms with Gasteiger partial charge in [0.15, 0.2) is 8.24 Å². The lowest BCUT2D eigenvalue weighted by molar-refractivity contribution is -0.145. The summed E-state index contributed by atoms with van der Waals surface area (Å²) in [6, 6.07) is 31.4. The minimum atomic E-state index is -2.20. The van der Waals surface area contributed by atoms with E-state index in [1.807, 2.05) is 18.2 Å². The Kier molecular flexibility index (Phi) is 6.62. The van der Waals surface area contributed by atoms with Crippen LogP contribution in [0.15, 0.2) is 91.0 Å². The summed E-state index contributed by atoms with van der Waals surface area (Å²) in [5, 5.41) is -0.254. The molecule has 34 heavy (non-hydrogen) atoms. The number of carbonyl (C=O) groups excluding carboxylic acids is 2. The average Bonchev–Trinajstić information content (AvgIpc) is 2.83. The van der Waals surface area contributed by atoms with Crippen LogP contribution in [0.4, 0.5) is 0 Å². The molecule has 1 aliphatic heterocycles. The first-order chi connectivity index (χ1) is 16.1. The molecule has 3 nitrogen and oxygen atoms in total. The van der Waals surface area contributed by atoms with Crippen molar-refractivity contribution >= 4 is 32.2 Å². The summed E-state index contributed by atoms with van der Waals surface area (Å²) < 4.78 is 1.51. The van der Waals surface area contributed by atoms with Crippen molar-refractivity contribution in [1.29, 1.82) is 0 Å². The molecule has 3 aromatic rings. The maximum atomic E-state index is 13.3.